The number of nitrogen functional groups attached to an aromatic ring is 1. The lowest BCUT2D eigenvalue weighted by Gasteiger charge is -2.05. The molecular weight excluding hydrogens is 214 g/mol. The van der Waals surface area contributed by atoms with Crippen LogP contribution in [-0.2, 0) is 13.0 Å². The summed E-state index contributed by atoms with van der Waals surface area (Å²) in [5.41, 5.74) is 7.94. The number of halogens is 1. The van der Waals surface area contributed by atoms with Gasteiger partial charge in [-0.1, -0.05) is 11.6 Å². The van der Waals surface area contributed by atoms with Gasteiger partial charge in [0.25, 0.3) is 5.91 Å². The molecule has 15 heavy (non-hydrogen) atoms. The lowest BCUT2D eigenvalue weighted by molar-refractivity contribution is 0.0947. The Morgan fingerprint density at radius 2 is 2.40 bits per heavy atom. The van der Waals surface area contributed by atoms with Crippen molar-refractivity contribution in [3.63, 3.8) is 0 Å². The number of nitrogens with one attached hydrogen (secondary N) is 1. The van der Waals surface area contributed by atoms with Crippen molar-refractivity contribution < 1.29 is 4.79 Å². The molecule has 2 rings (SSSR count). The van der Waals surface area contributed by atoms with Gasteiger partial charge in [0.1, 0.15) is 5.69 Å². The van der Waals surface area contributed by atoms with E-state index in [-0.39, 0.29) is 5.91 Å². The summed E-state index contributed by atoms with van der Waals surface area (Å²) in [6.45, 7) is 3.30. The second kappa shape index (κ2) is 3.77. The molecule has 82 valence electrons. The maximum Gasteiger partial charge on any atom is 0.269 e. The number of nitrogens with two attached hydrogens (primary N) is 1. The van der Waals surface area contributed by atoms with Crippen molar-refractivity contribution in [2.24, 2.45) is 0 Å². The van der Waals surface area contributed by atoms with Crippen molar-refractivity contribution in [3.05, 3.63) is 16.4 Å². The molecule has 0 unspecified atom stereocenters. The highest BCUT2D eigenvalue weighted by molar-refractivity contribution is 6.36. The fraction of sp³-hybridized carbons (Fsp3) is 0.500. The molecule has 4 nitrogen and oxygen atoms in total. The molecule has 1 aliphatic heterocycles. The second-order valence-electron chi connectivity index (χ2n) is 3.64. The lowest BCUT2D eigenvalue weighted by atomic mass is 10.2. The van der Waals surface area contributed by atoms with Crippen molar-refractivity contribution in [2.45, 2.75) is 26.3 Å². The average Bonchev–Trinajstić information content (AvgIpc) is 2.73. The number of carbonyl (C=O) groups excluding carboxylic acids is 1. The SMILES string of the molecule is CCNC(=O)c1c(Cl)c(N)c2n1CCC2. The van der Waals surface area contributed by atoms with Crippen molar-refractivity contribution in [1.29, 1.82) is 0 Å². The van der Waals surface area contributed by atoms with Gasteiger partial charge in [0, 0.05) is 18.8 Å². The van der Waals surface area contributed by atoms with E-state index in [1.54, 1.807) is 0 Å². The van der Waals surface area contributed by atoms with Gasteiger partial charge in [-0.2, -0.15) is 0 Å². The van der Waals surface area contributed by atoms with Gasteiger partial charge in [-0.3, -0.25) is 4.79 Å². The Morgan fingerprint density at radius 1 is 1.67 bits per heavy atom. The Balaban J connectivity index is 2.47. The first-order valence-corrected chi connectivity index (χ1v) is 5.49. The molecule has 0 saturated carbocycles. The Morgan fingerprint density at radius 3 is 3.07 bits per heavy atom. The summed E-state index contributed by atoms with van der Waals surface area (Å²) >= 11 is 6.06. The highest BCUT2D eigenvalue weighted by atomic mass is 35.5. The molecule has 1 aromatic rings. The van der Waals surface area contributed by atoms with Crippen LogP contribution in [-0.4, -0.2) is 17.0 Å². The van der Waals surface area contributed by atoms with Gasteiger partial charge in [0.15, 0.2) is 0 Å². The molecule has 1 amide bonds. The van der Waals surface area contributed by atoms with Gasteiger partial charge in [-0.15, -0.1) is 0 Å². The number of nitrogens with zero attached hydrogens (tertiary/aromatic N) is 1. The van der Waals surface area contributed by atoms with Gasteiger partial charge in [-0.25, -0.2) is 0 Å². The predicted octanol–water partition coefficient (Wildman–Crippen LogP) is 1.42. The van der Waals surface area contributed by atoms with Crippen LogP contribution in [0.15, 0.2) is 0 Å². The highest BCUT2D eigenvalue weighted by Gasteiger charge is 2.26. The fourth-order valence-electron chi connectivity index (χ4n) is 2.04. The fourth-order valence-corrected chi connectivity index (χ4v) is 2.34. The van der Waals surface area contributed by atoms with Gasteiger partial charge in [-0.05, 0) is 19.8 Å². The molecule has 0 bridgehead atoms. The Kier molecular flexibility index (Phi) is 2.61. The highest BCUT2D eigenvalue weighted by Crippen LogP contribution is 2.34. The predicted molar refractivity (Wildman–Crippen MR) is 60.2 cm³/mol. The molecule has 0 radical (unpaired) electrons. The largest absolute Gasteiger partial charge is 0.396 e. The lowest BCUT2D eigenvalue weighted by Crippen LogP contribution is -2.25. The van der Waals surface area contributed by atoms with Crippen LogP contribution in [0.4, 0.5) is 5.69 Å². The quantitative estimate of drug-likeness (QED) is 0.803. The minimum Gasteiger partial charge on any atom is -0.396 e. The van der Waals surface area contributed by atoms with Crippen molar-refractivity contribution >= 4 is 23.2 Å². The van der Waals surface area contributed by atoms with E-state index in [0.717, 1.165) is 25.1 Å². The maximum absolute atomic E-state index is 11.8. The molecule has 0 fully saturated rings. The zero-order valence-electron chi connectivity index (χ0n) is 8.64. The van der Waals surface area contributed by atoms with Crippen molar-refractivity contribution in [1.82, 2.24) is 9.88 Å². The van der Waals surface area contributed by atoms with Gasteiger partial charge >= 0.3 is 0 Å². The zero-order chi connectivity index (χ0) is 11.0. The first kappa shape index (κ1) is 10.4. The van der Waals surface area contributed by atoms with Gasteiger partial charge in [0.05, 0.1) is 10.7 Å². The molecule has 0 spiro atoms. The second-order valence-corrected chi connectivity index (χ2v) is 4.02. The third-order valence-corrected chi connectivity index (χ3v) is 3.08. The Labute approximate surface area is 93.4 Å². The summed E-state index contributed by atoms with van der Waals surface area (Å²) in [4.78, 5) is 11.8. The van der Waals surface area contributed by atoms with Crippen LogP contribution >= 0.6 is 11.6 Å². The summed E-state index contributed by atoms with van der Waals surface area (Å²) < 4.78 is 1.93. The van der Waals surface area contributed by atoms with Gasteiger partial charge < -0.3 is 15.6 Å². The first-order chi connectivity index (χ1) is 7.16. The molecule has 1 aliphatic rings. The van der Waals surface area contributed by atoms with Crippen LogP contribution in [0.5, 0.6) is 0 Å². The standard InChI is InChI=1S/C10H14ClN3O/c1-2-13-10(15)9-7(11)8(12)6-4-3-5-14(6)9/h2-5,12H2,1H3,(H,13,15). The third-order valence-electron chi connectivity index (χ3n) is 2.70. The molecular formula is C10H14ClN3O. The molecule has 0 saturated heterocycles. The first-order valence-electron chi connectivity index (χ1n) is 5.11. The molecule has 2 heterocycles. The van der Waals surface area contributed by atoms with Crippen molar-refractivity contribution in [3.8, 4) is 0 Å². The number of carbonyl (C=O) groups is 1. The van der Waals surface area contributed by atoms with Crippen molar-refractivity contribution in [2.75, 3.05) is 12.3 Å². The minimum absolute atomic E-state index is 0.137. The average molecular weight is 228 g/mol. The third kappa shape index (κ3) is 1.49. The number of rotatable bonds is 2. The summed E-state index contributed by atoms with van der Waals surface area (Å²) in [6.07, 6.45) is 1.94. The van der Waals surface area contributed by atoms with E-state index in [0.29, 0.717) is 22.9 Å². The minimum atomic E-state index is -0.137. The van der Waals surface area contributed by atoms with Crippen LogP contribution in [0.3, 0.4) is 0 Å². The summed E-state index contributed by atoms with van der Waals surface area (Å²) in [5.74, 6) is -0.137. The molecule has 0 aromatic carbocycles. The summed E-state index contributed by atoms with van der Waals surface area (Å²) in [7, 11) is 0. The number of hydrogen-bond donors (Lipinski definition) is 2. The van der Waals surface area contributed by atoms with E-state index >= 15 is 0 Å². The Bertz CT molecular complexity index is 411. The number of amides is 1. The van der Waals surface area contributed by atoms with E-state index < -0.39 is 0 Å². The molecule has 0 atom stereocenters. The topological polar surface area (TPSA) is 60.1 Å². The van der Waals surface area contributed by atoms with Gasteiger partial charge in [0.2, 0.25) is 0 Å². The van der Waals surface area contributed by atoms with Crippen LogP contribution in [0.25, 0.3) is 0 Å². The molecule has 1 aromatic heterocycles. The van der Waals surface area contributed by atoms with E-state index in [1.807, 2.05) is 11.5 Å². The molecule has 3 N–H and O–H groups in total. The normalized spacial score (nSPS) is 14.0. The van der Waals surface area contributed by atoms with E-state index in [2.05, 4.69) is 5.32 Å². The zero-order valence-corrected chi connectivity index (χ0v) is 9.40. The number of aromatic nitrogens is 1. The molecule has 0 aliphatic carbocycles. The number of hydrogen-bond acceptors (Lipinski definition) is 2. The summed E-state index contributed by atoms with van der Waals surface area (Å²) in [6, 6.07) is 0. The van der Waals surface area contributed by atoms with Crippen LogP contribution in [0.2, 0.25) is 5.02 Å². The smallest absolute Gasteiger partial charge is 0.269 e. The van der Waals surface area contributed by atoms with E-state index in [1.165, 1.54) is 0 Å². The van der Waals surface area contributed by atoms with E-state index in [4.69, 9.17) is 17.3 Å². The monoisotopic (exact) mass is 227 g/mol. The summed E-state index contributed by atoms with van der Waals surface area (Å²) in [5, 5.41) is 3.14. The van der Waals surface area contributed by atoms with Crippen LogP contribution in [0, 0.1) is 0 Å². The maximum atomic E-state index is 11.8. The number of anilines is 1. The molecule has 5 heteroatoms. The van der Waals surface area contributed by atoms with Crippen LogP contribution < -0.4 is 11.1 Å². The number of fused-ring (bicyclic) bond motifs is 1. The van der Waals surface area contributed by atoms with E-state index in [9.17, 15) is 4.79 Å². The Hall–Kier alpha value is -1.16. The van der Waals surface area contributed by atoms with Crippen LogP contribution in [0.1, 0.15) is 29.5 Å².